The lowest BCUT2D eigenvalue weighted by molar-refractivity contribution is 1.04. The maximum atomic E-state index is 4.57. The largest absolute Gasteiger partial charge is 0.326 e. The van der Waals surface area contributed by atoms with Crippen LogP contribution in [0.15, 0.2) is 41.4 Å². The zero-order valence-corrected chi connectivity index (χ0v) is 13.2. The van der Waals surface area contributed by atoms with Gasteiger partial charge >= 0.3 is 0 Å². The second-order valence-corrected chi connectivity index (χ2v) is 5.76. The molecule has 0 fully saturated rings. The monoisotopic (exact) mass is 330 g/mol. The summed E-state index contributed by atoms with van der Waals surface area (Å²) in [5.74, 6) is 0.828. The molecule has 0 unspecified atom stereocenters. The molecule has 0 spiro atoms. The van der Waals surface area contributed by atoms with Crippen LogP contribution in [0, 0.1) is 13.8 Å². The molecule has 0 amide bonds. The summed E-state index contributed by atoms with van der Waals surface area (Å²) in [5.41, 5.74) is 4.43. The zero-order chi connectivity index (χ0) is 14.3. The van der Waals surface area contributed by atoms with Crippen molar-refractivity contribution in [1.82, 2.24) is 14.4 Å². The van der Waals surface area contributed by atoms with Gasteiger partial charge < -0.3 is 9.30 Å². The number of hydrogen-bond donors (Lipinski definition) is 0. The van der Waals surface area contributed by atoms with Crippen molar-refractivity contribution in [2.75, 3.05) is 11.9 Å². The van der Waals surface area contributed by atoms with E-state index < -0.39 is 0 Å². The molecule has 5 heteroatoms. The van der Waals surface area contributed by atoms with Crippen molar-refractivity contribution in [2.45, 2.75) is 13.8 Å². The number of halogens is 1. The van der Waals surface area contributed by atoms with E-state index in [9.17, 15) is 0 Å². The predicted octanol–water partition coefficient (Wildman–Crippen LogP) is 3.88. The van der Waals surface area contributed by atoms with Gasteiger partial charge in [0.15, 0.2) is 11.5 Å². The van der Waals surface area contributed by atoms with Crippen molar-refractivity contribution in [3.05, 3.63) is 52.5 Å². The molecule has 0 saturated heterocycles. The average Bonchev–Trinajstić information content (AvgIpc) is 2.83. The summed E-state index contributed by atoms with van der Waals surface area (Å²) in [7, 11) is 2.01. The number of benzene rings is 1. The van der Waals surface area contributed by atoms with Crippen LogP contribution in [0.4, 0.5) is 11.5 Å². The summed E-state index contributed by atoms with van der Waals surface area (Å²) >= 11 is 3.45. The van der Waals surface area contributed by atoms with E-state index in [4.69, 9.17) is 0 Å². The summed E-state index contributed by atoms with van der Waals surface area (Å²) in [4.78, 5) is 11.0. The average molecular weight is 331 g/mol. The van der Waals surface area contributed by atoms with Crippen LogP contribution in [-0.2, 0) is 0 Å². The first-order valence-corrected chi connectivity index (χ1v) is 7.15. The molecular weight excluding hydrogens is 316 g/mol. The molecule has 0 bridgehead atoms. The van der Waals surface area contributed by atoms with E-state index in [2.05, 4.69) is 62.8 Å². The van der Waals surface area contributed by atoms with E-state index >= 15 is 0 Å². The Hall–Kier alpha value is -1.88. The molecule has 102 valence electrons. The number of aromatic nitrogens is 3. The van der Waals surface area contributed by atoms with Crippen molar-refractivity contribution in [1.29, 1.82) is 0 Å². The van der Waals surface area contributed by atoms with Gasteiger partial charge in [-0.05, 0) is 53.0 Å². The van der Waals surface area contributed by atoms with Gasteiger partial charge in [-0.3, -0.25) is 0 Å². The van der Waals surface area contributed by atoms with Gasteiger partial charge in [-0.25, -0.2) is 9.97 Å². The fourth-order valence-electron chi connectivity index (χ4n) is 2.38. The summed E-state index contributed by atoms with van der Waals surface area (Å²) in [5, 5.41) is 0. The SMILES string of the molecule is Cc1cc(C)cc(N(C)c2nc(Br)cn3ccnc23)c1. The van der Waals surface area contributed by atoms with Crippen molar-refractivity contribution in [3.63, 3.8) is 0 Å². The van der Waals surface area contributed by atoms with E-state index in [0.717, 1.165) is 21.8 Å². The minimum absolute atomic E-state index is 0.786. The molecule has 20 heavy (non-hydrogen) atoms. The van der Waals surface area contributed by atoms with Crippen LogP contribution < -0.4 is 4.90 Å². The molecule has 1 aromatic carbocycles. The molecule has 0 aliphatic rings. The third-order valence-corrected chi connectivity index (χ3v) is 3.62. The molecule has 0 atom stereocenters. The Morgan fingerprint density at radius 2 is 1.85 bits per heavy atom. The van der Waals surface area contributed by atoms with E-state index in [1.54, 1.807) is 6.20 Å². The van der Waals surface area contributed by atoms with Crippen LogP contribution in [0.1, 0.15) is 11.1 Å². The van der Waals surface area contributed by atoms with Gasteiger partial charge in [0.1, 0.15) is 4.60 Å². The third kappa shape index (κ3) is 2.29. The highest BCUT2D eigenvalue weighted by atomic mass is 79.9. The van der Waals surface area contributed by atoms with Gasteiger partial charge in [0.25, 0.3) is 0 Å². The van der Waals surface area contributed by atoms with Gasteiger partial charge in [-0.1, -0.05) is 6.07 Å². The minimum Gasteiger partial charge on any atom is -0.326 e. The number of anilines is 2. The fraction of sp³-hybridized carbons (Fsp3) is 0.200. The van der Waals surface area contributed by atoms with Gasteiger partial charge in [-0.15, -0.1) is 0 Å². The number of imidazole rings is 1. The molecule has 2 heterocycles. The van der Waals surface area contributed by atoms with Gasteiger partial charge in [0, 0.05) is 31.3 Å². The van der Waals surface area contributed by atoms with Crippen LogP contribution in [0.2, 0.25) is 0 Å². The van der Waals surface area contributed by atoms with Crippen LogP contribution in [0.25, 0.3) is 5.65 Å². The minimum atomic E-state index is 0.786. The van der Waals surface area contributed by atoms with Gasteiger partial charge in [0.2, 0.25) is 0 Å². The normalized spacial score (nSPS) is 11.0. The van der Waals surface area contributed by atoms with Gasteiger partial charge in [0.05, 0.1) is 0 Å². The second-order valence-electron chi connectivity index (χ2n) is 4.95. The third-order valence-electron chi connectivity index (χ3n) is 3.24. The number of hydrogen-bond acceptors (Lipinski definition) is 3. The first-order valence-electron chi connectivity index (χ1n) is 6.36. The van der Waals surface area contributed by atoms with Crippen molar-refractivity contribution in [2.24, 2.45) is 0 Å². The maximum absolute atomic E-state index is 4.57. The summed E-state index contributed by atoms with van der Waals surface area (Å²) in [6, 6.07) is 6.46. The van der Waals surface area contributed by atoms with E-state index in [1.165, 1.54) is 11.1 Å². The number of fused-ring (bicyclic) bond motifs is 1. The summed E-state index contributed by atoms with van der Waals surface area (Å²) in [6.07, 6.45) is 5.60. The van der Waals surface area contributed by atoms with E-state index in [0.29, 0.717) is 0 Å². The lowest BCUT2D eigenvalue weighted by atomic mass is 10.1. The van der Waals surface area contributed by atoms with Crippen LogP contribution >= 0.6 is 15.9 Å². The second kappa shape index (κ2) is 4.90. The van der Waals surface area contributed by atoms with Gasteiger partial charge in [-0.2, -0.15) is 0 Å². The standard InChI is InChI=1S/C15H15BrN4/c1-10-6-11(2)8-12(7-10)19(3)15-14-17-4-5-20(14)9-13(16)18-15/h4-9H,1-3H3. The fourth-order valence-corrected chi connectivity index (χ4v) is 2.77. The van der Waals surface area contributed by atoms with Crippen molar-refractivity contribution < 1.29 is 0 Å². The number of rotatable bonds is 2. The highest BCUT2D eigenvalue weighted by Gasteiger charge is 2.13. The predicted molar refractivity (Wildman–Crippen MR) is 84.7 cm³/mol. The number of nitrogens with zero attached hydrogens (tertiary/aromatic N) is 4. The first-order chi connectivity index (χ1) is 9.54. The van der Waals surface area contributed by atoms with Crippen LogP contribution in [0.3, 0.4) is 0 Å². The summed E-state index contributed by atoms with van der Waals surface area (Å²) in [6.45, 7) is 4.20. The molecule has 0 saturated carbocycles. The highest BCUT2D eigenvalue weighted by molar-refractivity contribution is 9.10. The molecule has 4 nitrogen and oxygen atoms in total. The maximum Gasteiger partial charge on any atom is 0.180 e. The summed E-state index contributed by atoms with van der Waals surface area (Å²) < 4.78 is 2.75. The topological polar surface area (TPSA) is 33.4 Å². The lowest BCUT2D eigenvalue weighted by Gasteiger charge is -2.20. The molecule has 2 aromatic heterocycles. The number of aryl methyl sites for hydroxylation is 2. The van der Waals surface area contributed by atoms with E-state index in [1.807, 2.05) is 23.8 Å². The van der Waals surface area contributed by atoms with Crippen LogP contribution in [0.5, 0.6) is 0 Å². The quantitative estimate of drug-likeness (QED) is 0.715. The lowest BCUT2D eigenvalue weighted by Crippen LogP contribution is -2.13. The molecule has 3 rings (SSSR count). The Kier molecular flexibility index (Phi) is 3.22. The molecule has 0 aliphatic carbocycles. The van der Waals surface area contributed by atoms with Crippen molar-refractivity contribution >= 4 is 33.1 Å². The smallest absolute Gasteiger partial charge is 0.180 e. The Bertz CT molecular complexity index is 758. The molecule has 0 N–H and O–H groups in total. The first kappa shape index (κ1) is 13.1. The van der Waals surface area contributed by atoms with Crippen molar-refractivity contribution in [3.8, 4) is 0 Å². The molecule has 3 aromatic rings. The molecule has 0 radical (unpaired) electrons. The Labute approximate surface area is 126 Å². The van der Waals surface area contributed by atoms with Crippen LogP contribution in [-0.4, -0.2) is 21.4 Å². The Balaban J connectivity index is 2.16. The van der Waals surface area contributed by atoms with E-state index in [-0.39, 0.29) is 0 Å². The molecular formula is C15H15BrN4. The Morgan fingerprint density at radius 3 is 2.55 bits per heavy atom. The zero-order valence-electron chi connectivity index (χ0n) is 11.6. The Morgan fingerprint density at radius 1 is 1.15 bits per heavy atom. The molecule has 0 aliphatic heterocycles. The highest BCUT2D eigenvalue weighted by Crippen LogP contribution is 2.28.